The predicted octanol–water partition coefficient (Wildman–Crippen LogP) is 4.56. The van der Waals surface area contributed by atoms with Crippen molar-refractivity contribution in [2.75, 3.05) is 13.1 Å². The fourth-order valence-electron chi connectivity index (χ4n) is 3.46. The quantitative estimate of drug-likeness (QED) is 0.751. The summed E-state index contributed by atoms with van der Waals surface area (Å²) in [6.45, 7) is 4.17. The van der Waals surface area contributed by atoms with Gasteiger partial charge in [-0.2, -0.15) is 0 Å². The van der Waals surface area contributed by atoms with Crippen molar-refractivity contribution in [3.05, 3.63) is 35.6 Å². The molecule has 0 bridgehead atoms. The van der Waals surface area contributed by atoms with Crippen LogP contribution in [0.3, 0.4) is 0 Å². The average Bonchev–Trinajstić information content (AvgIpc) is 2.74. The number of rotatable bonds is 6. The van der Waals surface area contributed by atoms with Gasteiger partial charge in [0.15, 0.2) is 0 Å². The highest BCUT2D eigenvalue weighted by Gasteiger charge is 2.23. The lowest BCUT2D eigenvalue weighted by Gasteiger charge is -2.27. The van der Waals surface area contributed by atoms with E-state index in [9.17, 15) is 4.39 Å². The fourth-order valence-corrected chi connectivity index (χ4v) is 3.46. The van der Waals surface area contributed by atoms with Crippen molar-refractivity contribution in [2.45, 2.75) is 51.9 Å². The van der Waals surface area contributed by atoms with Gasteiger partial charge in [0, 0.05) is 0 Å². The van der Waals surface area contributed by atoms with Crippen LogP contribution in [0.15, 0.2) is 24.3 Å². The Morgan fingerprint density at radius 3 is 2.50 bits per heavy atom. The SMILES string of the molecule is CCNCC(Cc1ccccc1F)C1CCCCCC1. The van der Waals surface area contributed by atoms with Crippen LogP contribution in [-0.4, -0.2) is 13.1 Å². The molecule has 0 radical (unpaired) electrons. The zero-order chi connectivity index (χ0) is 14.2. The van der Waals surface area contributed by atoms with Gasteiger partial charge in [0.25, 0.3) is 0 Å². The van der Waals surface area contributed by atoms with Crippen LogP contribution in [-0.2, 0) is 6.42 Å². The molecule has 0 saturated heterocycles. The smallest absolute Gasteiger partial charge is 0.126 e. The minimum atomic E-state index is -0.0392. The maximum Gasteiger partial charge on any atom is 0.126 e. The van der Waals surface area contributed by atoms with Crippen molar-refractivity contribution < 1.29 is 4.39 Å². The van der Waals surface area contributed by atoms with Crippen LogP contribution in [0.1, 0.15) is 51.0 Å². The van der Waals surface area contributed by atoms with Gasteiger partial charge in [0.05, 0.1) is 0 Å². The maximum atomic E-state index is 13.9. The summed E-state index contributed by atoms with van der Waals surface area (Å²) in [4.78, 5) is 0. The van der Waals surface area contributed by atoms with Crippen molar-refractivity contribution in [3.63, 3.8) is 0 Å². The minimum absolute atomic E-state index is 0.0392. The van der Waals surface area contributed by atoms with E-state index >= 15 is 0 Å². The summed E-state index contributed by atoms with van der Waals surface area (Å²) < 4.78 is 13.9. The molecule has 1 N–H and O–H groups in total. The first-order valence-corrected chi connectivity index (χ1v) is 8.25. The van der Waals surface area contributed by atoms with E-state index in [4.69, 9.17) is 0 Å². The Morgan fingerprint density at radius 2 is 1.85 bits per heavy atom. The van der Waals surface area contributed by atoms with E-state index in [0.29, 0.717) is 5.92 Å². The summed E-state index contributed by atoms with van der Waals surface area (Å²) >= 11 is 0. The molecule has 20 heavy (non-hydrogen) atoms. The van der Waals surface area contributed by atoms with Crippen molar-refractivity contribution in [2.24, 2.45) is 11.8 Å². The Labute approximate surface area is 123 Å². The largest absolute Gasteiger partial charge is 0.317 e. The molecule has 1 nitrogen and oxygen atoms in total. The summed E-state index contributed by atoms with van der Waals surface area (Å²) in [5.74, 6) is 1.30. The molecule has 1 fully saturated rings. The molecule has 1 aromatic carbocycles. The van der Waals surface area contributed by atoms with Crippen molar-refractivity contribution >= 4 is 0 Å². The molecule has 0 amide bonds. The third-order valence-electron chi connectivity index (χ3n) is 4.66. The van der Waals surface area contributed by atoms with E-state index in [1.165, 1.54) is 38.5 Å². The normalized spacial score (nSPS) is 18.7. The van der Waals surface area contributed by atoms with Gasteiger partial charge in [-0.05, 0) is 43.0 Å². The van der Waals surface area contributed by atoms with Crippen molar-refractivity contribution in [1.82, 2.24) is 5.32 Å². The Bertz CT molecular complexity index is 383. The first-order chi connectivity index (χ1) is 9.81. The van der Waals surface area contributed by atoms with Gasteiger partial charge in [0.1, 0.15) is 5.82 Å². The molecular formula is C18H28FN. The zero-order valence-corrected chi connectivity index (χ0v) is 12.7. The molecule has 0 aliphatic heterocycles. The number of hydrogen-bond acceptors (Lipinski definition) is 1. The Balaban J connectivity index is 2.04. The van der Waals surface area contributed by atoms with E-state index in [2.05, 4.69) is 12.2 Å². The highest BCUT2D eigenvalue weighted by atomic mass is 19.1. The molecule has 1 unspecified atom stereocenters. The molecule has 1 aliphatic rings. The second-order valence-corrected chi connectivity index (χ2v) is 6.11. The van der Waals surface area contributed by atoms with Crippen LogP contribution in [0.2, 0.25) is 0 Å². The van der Waals surface area contributed by atoms with Crippen LogP contribution in [0.25, 0.3) is 0 Å². The van der Waals surface area contributed by atoms with Crippen LogP contribution in [0.4, 0.5) is 4.39 Å². The Morgan fingerprint density at radius 1 is 1.15 bits per heavy atom. The molecule has 1 aromatic rings. The molecule has 1 saturated carbocycles. The van der Waals surface area contributed by atoms with E-state index in [1.807, 2.05) is 12.1 Å². The van der Waals surface area contributed by atoms with Crippen molar-refractivity contribution in [3.8, 4) is 0 Å². The number of halogens is 1. The summed E-state index contributed by atoms with van der Waals surface area (Å²) in [5.41, 5.74) is 0.889. The lowest BCUT2D eigenvalue weighted by molar-refractivity contribution is 0.284. The maximum absolute atomic E-state index is 13.9. The van der Waals surface area contributed by atoms with Gasteiger partial charge < -0.3 is 5.32 Å². The average molecular weight is 277 g/mol. The van der Waals surface area contributed by atoms with E-state index in [1.54, 1.807) is 12.1 Å². The number of hydrogen-bond donors (Lipinski definition) is 1. The summed E-state index contributed by atoms with van der Waals surface area (Å²) in [5, 5.41) is 3.48. The first-order valence-electron chi connectivity index (χ1n) is 8.25. The van der Waals surface area contributed by atoms with Crippen molar-refractivity contribution in [1.29, 1.82) is 0 Å². The third-order valence-corrected chi connectivity index (χ3v) is 4.66. The lowest BCUT2D eigenvalue weighted by Crippen LogP contribution is -2.30. The van der Waals surface area contributed by atoms with Crippen LogP contribution >= 0.6 is 0 Å². The second-order valence-electron chi connectivity index (χ2n) is 6.11. The third kappa shape index (κ3) is 4.59. The van der Waals surface area contributed by atoms with Gasteiger partial charge in [-0.3, -0.25) is 0 Å². The fraction of sp³-hybridized carbons (Fsp3) is 0.667. The summed E-state index contributed by atoms with van der Waals surface area (Å²) in [7, 11) is 0. The molecule has 0 aromatic heterocycles. The lowest BCUT2D eigenvalue weighted by atomic mass is 9.82. The second kappa shape index (κ2) is 8.41. The van der Waals surface area contributed by atoms with Gasteiger partial charge >= 0.3 is 0 Å². The van der Waals surface area contributed by atoms with Crippen LogP contribution in [0.5, 0.6) is 0 Å². The summed E-state index contributed by atoms with van der Waals surface area (Å²) in [6, 6.07) is 7.28. The molecule has 0 spiro atoms. The van der Waals surface area contributed by atoms with Crippen LogP contribution < -0.4 is 5.32 Å². The molecule has 1 atom stereocenters. The van der Waals surface area contributed by atoms with Gasteiger partial charge in [-0.1, -0.05) is 63.6 Å². The molecule has 0 heterocycles. The van der Waals surface area contributed by atoms with Gasteiger partial charge in [-0.25, -0.2) is 4.39 Å². The Hall–Kier alpha value is -0.890. The monoisotopic (exact) mass is 277 g/mol. The van der Waals surface area contributed by atoms with Gasteiger partial charge in [-0.15, -0.1) is 0 Å². The van der Waals surface area contributed by atoms with Gasteiger partial charge in [0.2, 0.25) is 0 Å². The molecule has 2 heteroatoms. The van der Waals surface area contributed by atoms with E-state index in [-0.39, 0.29) is 5.82 Å². The predicted molar refractivity (Wildman–Crippen MR) is 83.3 cm³/mol. The molecule has 2 rings (SSSR count). The van der Waals surface area contributed by atoms with E-state index in [0.717, 1.165) is 31.0 Å². The highest BCUT2D eigenvalue weighted by molar-refractivity contribution is 5.18. The molecular weight excluding hydrogens is 249 g/mol. The Kier molecular flexibility index (Phi) is 6.52. The highest BCUT2D eigenvalue weighted by Crippen LogP contribution is 2.31. The van der Waals surface area contributed by atoms with Crippen LogP contribution in [0, 0.1) is 17.7 Å². The number of benzene rings is 1. The first kappa shape index (κ1) is 15.5. The zero-order valence-electron chi connectivity index (χ0n) is 12.7. The standard InChI is InChI=1S/C18H28FN/c1-2-20-14-17(15-9-5-3-4-6-10-15)13-16-11-7-8-12-18(16)19/h7-8,11-12,15,17,20H,2-6,9-10,13-14H2,1H3. The minimum Gasteiger partial charge on any atom is -0.317 e. The topological polar surface area (TPSA) is 12.0 Å². The van der Waals surface area contributed by atoms with E-state index < -0.39 is 0 Å². The summed E-state index contributed by atoms with van der Waals surface area (Å²) in [6.07, 6.45) is 8.99. The number of nitrogens with one attached hydrogen (secondary N) is 1. The molecule has 1 aliphatic carbocycles. The molecule has 112 valence electrons.